The van der Waals surface area contributed by atoms with Gasteiger partial charge in [-0.15, -0.1) is 0 Å². The maximum absolute atomic E-state index is 11.2. The van der Waals surface area contributed by atoms with E-state index >= 15 is 0 Å². The van der Waals surface area contributed by atoms with Crippen molar-refractivity contribution >= 4 is 22.5 Å². The minimum Gasteiger partial charge on any atom is -0.385 e. The van der Waals surface area contributed by atoms with E-state index in [1.807, 2.05) is 25.1 Å². The van der Waals surface area contributed by atoms with Crippen LogP contribution in [0.1, 0.15) is 29.3 Å². The highest BCUT2D eigenvalue weighted by Crippen LogP contribution is 2.36. The quantitative estimate of drug-likeness (QED) is 0.749. The Hall–Kier alpha value is -1.88. The third-order valence-electron chi connectivity index (χ3n) is 5.86. The van der Waals surface area contributed by atoms with Crippen molar-refractivity contribution in [3.8, 4) is 0 Å². The summed E-state index contributed by atoms with van der Waals surface area (Å²) in [6.45, 7) is 3.97. The molecule has 3 aromatic rings. The van der Waals surface area contributed by atoms with Gasteiger partial charge in [0.05, 0.1) is 11.1 Å². The van der Waals surface area contributed by atoms with Crippen LogP contribution in [0.2, 0.25) is 5.02 Å². The van der Waals surface area contributed by atoms with Crippen molar-refractivity contribution in [2.45, 2.75) is 31.8 Å². The average molecular weight is 384 g/mol. The maximum Gasteiger partial charge on any atom is 0.0924 e. The molecule has 27 heavy (non-hydrogen) atoms. The van der Waals surface area contributed by atoms with Crippen LogP contribution >= 0.6 is 11.6 Å². The molecule has 5 heteroatoms. The van der Waals surface area contributed by atoms with Crippen LogP contribution in [-0.4, -0.2) is 39.7 Å². The first kappa shape index (κ1) is 18.5. The molecule has 1 N–H and O–H groups in total. The van der Waals surface area contributed by atoms with E-state index < -0.39 is 5.60 Å². The average Bonchev–Trinajstić information content (AvgIpc) is 2.76. The Labute approximate surface area is 165 Å². The smallest absolute Gasteiger partial charge is 0.0924 e. The van der Waals surface area contributed by atoms with Gasteiger partial charge in [0.2, 0.25) is 0 Å². The van der Waals surface area contributed by atoms with Crippen molar-refractivity contribution in [1.29, 1.82) is 0 Å². The Morgan fingerprint density at radius 3 is 2.74 bits per heavy atom. The van der Waals surface area contributed by atoms with Gasteiger partial charge in [-0.05, 0) is 49.7 Å². The van der Waals surface area contributed by atoms with Gasteiger partial charge in [0, 0.05) is 67.0 Å². The van der Waals surface area contributed by atoms with E-state index in [0.717, 1.165) is 42.1 Å². The molecular formula is C22H26ClN3O. The van der Waals surface area contributed by atoms with Crippen LogP contribution in [0.5, 0.6) is 0 Å². The summed E-state index contributed by atoms with van der Waals surface area (Å²) < 4.78 is 2.31. The molecular weight excluding hydrogens is 358 g/mol. The molecule has 1 aliphatic heterocycles. The molecule has 1 aromatic carbocycles. The highest BCUT2D eigenvalue weighted by atomic mass is 35.5. The van der Waals surface area contributed by atoms with Crippen LogP contribution in [0.3, 0.4) is 0 Å². The van der Waals surface area contributed by atoms with Crippen LogP contribution in [0.15, 0.2) is 36.7 Å². The molecule has 1 atom stereocenters. The van der Waals surface area contributed by atoms with Gasteiger partial charge >= 0.3 is 0 Å². The minimum absolute atomic E-state index is 0.492. The number of pyridine rings is 1. The van der Waals surface area contributed by atoms with E-state index in [1.165, 1.54) is 22.2 Å². The SMILES string of the molecule is CN1CCc2c(n(C)c3c(CC(C)(O)c4cccnc4)cc(Cl)cc23)CC1. The van der Waals surface area contributed by atoms with E-state index in [4.69, 9.17) is 11.6 Å². The topological polar surface area (TPSA) is 41.3 Å². The lowest BCUT2D eigenvalue weighted by Gasteiger charge is -2.24. The molecule has 2 aromatic heterocycles. The third-order valence-corrected chi connectivity index (χ3v) is 6.08. The van der Waals surface area contributed by atoms with Gasteiger partial charge in [-0.3, -0.25) is 4.98 Å². The van der Waals surface area contributed by atoms with Crippen LogP contribution in [0, 0.1) is 0 Å². The number of halogens is 1. The first-order chi connectivity index (χ1) is 12.9. The number of hydrogen-bond acceptors (Lipinski definition) is 3. The number of benzene rings is 1. The van der Waals surface area contributed by atoms with Gasteiger partial charge in [-0.2, -0.15) is 0 Å². The lowest BCUT2D eigenvalue weighted by atomic mass is 9.89. The van der Waals surface area contributed by atoms with Gasteiger partial charge in [-0.25, -0.2) is 0 Å². The third kappa shape index (κ3) is 3.38. The van der Waals surface area contributed by atoms with Crippen LogP contribution in [-0.2, 0) is 31.9 Å². The van der Waals surface area contributed by atoms with Gasteiger partial charge in [0.1, 0.15) is 0 Å². The summed E-state index contributed by atoms with van der Waals surface area (Å²) >= 11 is 6.51. The second-order valence-corrected chi connectivity index (χ2v) is 8.38. The second-order valence-electron chi connectivity index (χ2n) is 7.94. The van der Waals surface area contributed by atoms with Crippen molar-refractivity contribution in [1.82, 2.24) is 14.5 Å². The number of aromatic nitrogens is 2. The number of aryl methyl sites for hydroxylation is 1. The lowest BCUT2D eigenvalue weighted by Crippen LogP contribution is -2.25. The van der Waals surface area contributed by atoms with E-state index in [2.05, 4.69) is 34.6 Å². The fourth-order valence-electron chi connectivity index (χ4n) is 4.37. The Morgan fingerprint density at radius 2 is 2.00 bits per heavy atom. The number of likely N-dealkylation sites (N-methyl/N-ethyl adjacent to an activating group) is 1. The van der Waals surface area contributed by atoms with E-state index in [-0.39, 0.29) is 0 Å². The fourth-order valence-corrected chi connectivity index (χ4v) is 4.61. The first-order valence-electron chi connectivity index (χ1n) is 9.47. The van der Waals surface area contributed by atoms with Crippen molar-refractivity contribution in [2.24, 2.45) is 7.05 Å². The van der Waals surface area contributed by atoms with Crippen LogP contribution in [0.4, 0.5) is 0 Å². The molecule has 0 bridgehead atoms. The summed E-state index contributed by atoms with van der Waals surface area (Å²) in [6, 6.07) is 7.87. The van der Waals surface area contributed by atoms with Gasteiger partial charge in [0.15, 0.2) is 0 Å². The number of fused-ring (bicyclic) bond motifs is 3. The summed E-state index contributed by atoms with van der Waals surface area (Å²) in [7, 11) is 4.32. The largest absolute Gasteiger partial charge is 0.385 e. The molecule has 0 spiro atoms. The Balaban J connectivity index is 1.84. The zero-order valence-corrected chi connectivity index (χ0v) is 16.9. The molecule has 1 unspecified atom stereocenters. The standard InChI is InChI=1S/C22H26ClN3O/c1-22(27,16-5-4-8-24-14-16)13-15-11-17(23)12-19-18-6-9-25(2)10-7-20(18)26(3)21(15)19/h4-5,8,11-12,14,27H,6-7,9-10,13H2,1-3H3. The second kappa shape index (κ2) is 6.93. The molecule has 142 valence electrons. The molecule has 0 radical (unpaired) electrons. The van der Waals surface area contributed by atoms with Crippen molar-refractivity contribution in [3.05, 3.63) is 64.1 Å². The number of nitrogens with zero attached hydrogens (tertiary/aromatic N) is 3. The Morgan fingerprint density at radius 1 is 1.22 bits per heavy atom. The molecule has 4 rings (SSSR count). The molecule has 0 saturated heterocycles. The Bertz CT molecular complexity index is 978. The monoisotopic (exact) mass is 383 g/mol. The summed E-state index contributed by atoms with van der Waals surface area (Å²) in [4.78, 5) is 6.54. The number of aliphatic hydroxyl groups is 1. The molecule has 1 aliphatic rings. The molecule has 0 fully saturated rings. The van der Waals surface area contributed by atoms with Crippen LogP contribution < -0.4 is 0 Å². The zero-order chi connectivity index (χ0) is 19.2. The van der Waals surface area contributed by atoms with Gasteiger partial charge in [-0.1, -0.05) is 17.7 Å². The zero-order valence-electron chi connectivity index (χ0n) is 16.2. The molecule has 0 saturated carbocycles. The molecule has 3 heterocycles. The predicted molar refractivity (Wildman–Crippen MR) is 110 cm³/mol. The molecule has 4 nitrogen and oxygen atoms in total. The molecule has 0 amide bonds. The summed E-state index contributed by atoms with van der Waals surface area (Å²) in [5.41, 5.74) is 4.87. The lowest BCUT2D eigenvalue weighted by molar-refractivity contribution is 0.0575. The predicted octanol–water partition coefficient (Wildman–Crippen LogP) is 3.71. The highest BCUT2D eigenvalue weighted by molar-refractivity contribution is 6.31. The van der Waals surface area contributed by atoms with Crippen molar-refractivity contribution in [3.63, 3.8) is 0 Å². The minimum atomic E-state index is -1.01. The van der Waals surface area contributed by atoms with Gasteiger partial charge in [0.25, 0.3) is 0 Å². The maximum atomic E-state index is 11.2. The van der Waals surface area contributed by atoms with E-state index in [1.54, 1.807) is 12.4 Å². The number of hydrogen-bond donors (Lipinski definition) is 1. The normalized spacial score (nSPS) is 17.5. The van der Waals surface area contributed by atoms with Crippen molar-refractivity contribution in [2.75, 3.05) is 20.1 Å². The summed E-state index contributed by atoms with van der Waals surface area (Å²) in [5.74, 6) is 0. The van der Waals surface area contributed by atoms with E-state index in [9.17, 15) is 5.11 Å². The fraction of sp³-hybridized carbons (Fsp3) is 0.409. The summed E-state index contributed by atoms with van der Waals surface area (Å²) in [5, 5.41) is 13.1. The highest BCUT2D eigenvalue weighted by Gasteiger charge is 2.27. The molecule has 0 aliphatic carbocycles. The number of rotatable bonds is 3. The van der Waals surface area contributed by atoms with Crippen molar-refractivity contribution < 1.29 is 5.11 Å². The van der Waals surface area contributed by atoms with E-state index in [0.29, 0.717) is 6.42 Å². The summed E-state index contributed by atoms with van der Waals surface area (Å²) in [6.07, 6.45) is 6.02. The van der Waals surface area contributed by atoms with Crippen LogP contribution in [0.25, 0.3) is 10.9 Å². The Kier molecular flexibility index (Phi) is 4.75. The van der Waals surface area contributed by atoms with Gasteiger partial charge < -0.3 is 14.6 Å². The first-order valence-corrected chi connectivity index (χ1v) is 9.84.